The number of benzene rings is 1. The van der Waals surface area contributed by atoms with Crippen LogP contribution in [0, 0.1) is 20.8 Å². The number of aromatic hydroxyl groups is 2. The molecule has 19 heavy (non-hydrogen) atoms. The summed E-state index contributed by atoms with van der Waals surface area (Å²) in [6, 6.07) is 0. The normalized spacial score (nSPS) is 14.4. The van der Waals surface area contributed by atoms with E-state index in [0.29, 0.717) is 41.5 Å². The van der Waals surface area contributed by atoms with E-state index < -0.39 is 5.60 Å². The predicted octanol–water partition coefficient (Wildman–Crippen LogP) is 2.09. The van der Waals surface area contributed by atoms with Gasteiger partial charge in [0.25, 0.3) is 0 Å². The Morgan fingerprint density at radius 3 is 1.95 bits per heavy atom. The first kappa shape index (κ1) is 15.8. The zero-order valence-corrected chi connectivity index (χ0v) is 12.1. The van der Waals surface area contributed by atoms with Crippen molar-refractivity contribution < 1.29 is 20.4 Å². The fourth-order valence-corrected chi connectivity index (χ4v) is 2.25. The Morgan fingerprint density at radius 2 is 1.42 bits per heavy atom. The maximum Gasteiger partial charge on any atom is 0.122 e. The summed E-state index contributed by atoms with van der Waals surface area (Å²) < 4.78 is 0. The molecule has 108 valence electrons. The molecular weight excluding hydrogens is 244 g/mol. The van der Waals surface area contributed by atoms with Crippen molar-refractivity contribution in [1.29, 1.82) is 0 Å². The van der Waals surface area contributed by atoms with Crippen LogP contribution < -0.4 is 0 Å². The van der Waals surface area contributed by atoms with Crippen LogP contribution in [0.5, 0.6) is 11.5 Å². The molecule has 0 radical (unpaired) electrons. The van der Waals surface area contributed by atoms with Crippen molar-refractivity contribution in [2.75, 3.05) is 6.61 Å². The second-order valence-electron chi connectivity index (χ2n) is 5.52. The molecule has 0 aliphatic carbocycles. The van der Waals surface area contributed by atoms with Crippen molar-refractivity contribution in [3.8, 4) is 11.5 Å². The summed E-state index contributed by atoms with van der Waals surface area (Å²) in [5.74, 6) is 0.389. The molecule has 1 atom stereocenters. The van der Waals surface area contributed by atoms with Crippen molar-refractivity contribution in [2.45, 2.75) is 52.6 Å². The van der Waals surface area contributed by atoms with E-state index in [0.717, 1.165) is 0 Å². The van der Waals surface area contributed by atoms with E-state index in [-0.39, 0.29) is 18.1 Å². The molecule has 0 saturated carbocycles. The smallest absolute Gasteiger partial charge is 0.122 e. The number of aliphatic hydroxyl groups is 2. The fraction of sp³-hybridized carbons (Fsp3) is 0.600. The lowest BCUT2D eigenvalue weighted by Gasteiger charge is -2.23. The van der Waals surface area contributed by atoms with E-state index in [1.54, 1.807) is 27.7 Å². The zero-order valence-electron chi connectivity index (χ0n) is 12.1. The van der Waals surface area contributed by atoms with Gasteiger partial charge in [-0.05, 0) is 63.6 Å². The summed E-state index contributed by atoms with van der Waals surface area (Å²) in [5.41, 5.74) is 1.70. The molecule has 0 aliphatic rings. The van der Waals surface area contributed by atoms with Crippen LogP contribution in [0.3, 0.4) is 0 Å². The lowest BCUT2D eigenvalue weighted by atomic mass is 9.89. The number of phenols is 2. The maximum atomic E-state index is 10.2. The number of hydrogen-bond acceptors (Lipinski definition) is 4. The molecule has 4 heteroatoms. The average molecular weight is 268 g/mol. The van der Waals surface area contributed by atoms with Crippen molar-refractivity contribution >= 4 is 0 Å². The van der Waals surface area contributed by atoms with Crippen LogP contribution in [0.4, 0.5) is 0 Å². The van der Waals surface area contributed by atoms with Gasteiger partial charge in [0.15, 0.2) is 0 Å². The Bertz CT molecular complexity index is 435. The third kappa shape index (κ3) is 3.39. The Balaban J connectivity index is 3.03. The van der Waals surface area contributed by atoms with Crippen LogP contribution in [-0.4, -0.2) is 32.6 Å². The number of rotatable bonds is 5. The first-order chi connectivity index (χ1) is 8.71. The van der Waals surface area contributed by atoms with E-state index in [1.165, 1.54) is 0 Å². The highest BCUT2D eigenvalue weighted by molar-refractivity contribution is 5.56. The highest BCUT2D eigenvalue weighted by atomic mass is 16.3. The van der Waals surface area contributed by atoms with E-state index >= 15 is 0 Å². The van der Waals surface area contributed by atoms with Crippen LogP contribution in [-0.2, 0) is 6.42 Å². The molecular formula is C15H24O4. The first-order valence-electron chi connectivity index (χ1n) is 6.55. The van der Waals surface area contributed by atoms with Crippen LogP contribution in [0.15, 0.2) is 0 Å². The van der Waals surface area contributed by atoms with E-state index in [2.05, 4.69) is 0 Å². The van der Waals surface area contributed by atoms with Crippen LogP contribution in [0.2, 0.25) is 0 Å². The molecule has 0 unspecified atom stereocenters. The lowest BCUT2D eigenvalue weighted by molar-refractivity contribution is 0.0257. The summed E-state index contributed by atoms with van der Waals surface area (Å²) in [6.07, 6.45) is 1.17. The first-order valence-corrected chi connectivity index (χ1v) is 6.55. The molecule has 4 N–H and O–H groups in total. The molecule has 0 saturated heterocycles. The summed E-state index contributed by atoms with van der Waals surface area (Å²) >= 11 is 0. The van der Waals surface area contributed by atoms with Gasteiger partial charge < -0.3 is 20.4 Å². The number of aliphatic hydroxyl groups excluding tert-OH is 1. The van der Waals surface area contributed by atoms with Gasteiger partial charge >= 0.3 is 0 Å². The zero-order chi connectivity index (χ0) is 14.8. The molecule has 0 fully saturated rings. The van der Waals surface area contributed by atoms with Crippen molar-refractivity contribution in [2.24, 2.45) is 0 Å². The van der Waals surface area contributed by atoms with Crippen LogP contribution >= 0.6 is 0 Å². The van der Waals surface area contributed by atoms with Gasteiger partial charge in [-0.25, -0.2) is 0 Å². The molecule has 1 aromatic carbocycles. The monoisotopic (exact) mass is 268 g/mol. The minimum atomic E-state index is -0.970. The molecule has 4 nitrogen and oxygen atoms in total. The van der Waals surface area contributed by atoms with Gasteiger partial charge in [-0.1, -0.05) is 0 Å². The molecule has 1 aromatic rings. The summed E-state index contributed by atoms with van der Waals surface area (Å²) in [6.45, 7) is 6.88. The number of hydrogen-bond donors (Lipinski definition) is 4. The van der Waals surface area contributed by atoms with Crippen molar-refractivity contribution in [3.05, 3.63) is 22.3 Å². The van der Waals surface area contributed by atoms with Gasteiger partial charge in [-0.3, -0.25) is 0 Å². The second-order valence-corrected chi connectivity index (χ2v) is 5.52. The van der Waals surface area contributed by atoms with Crippen LogP contribution in [0.1, 0.15) is 42.0 Å². The average Bonchev–Trinajstić information content (AvgIpc) is 2.34. The van der Waals surface area contributed by atoms with Gasteiger partial charge in [0, 0.05) is 12.2 Å². The maximum absolute atomic E-state index is 10.2. The predicted molar refractivity (Wildman–Crippen MR) is 74.6 cm³/mol. The fourth-order valence-electron chi connectivity index (χ4n) is 2.25. The molecule has 0 bridgehead atoms. The van der Waals surface area contributed by atoms with Gasteiger partial charge in [0.2, 0.25) is 0 Å². The van der Waals surface area contributed by atoms with Crippen LogP contribution in [0.25, 0.3) is 0 Å². The summed E-state index contributed by atoms with van der Waals surface area (Å²) in [7, 11) is 0. The third-order valence-electron chi connectivity index (χ3n) is 3.93. The second kappa shape index (κ2) is 5.80. The van der Waals surface area contributed by atoms with E-state index in [4.69, 9.17) is 5.11 Å². The largest absolute Gasteiger partial charge is 0.507 e. The van der Waals surface area contributed by atoms with Crippen molar-refractivity contribution in [1.82, 2.24) is 0 Å². The molecule has 0 spiro atoms. The molecule has 0 heterocycles. The molecule has 0 aliphatic heterocycles. The quantitative estimate of drug-likeness (QED) is 0.616. The highest BCUT2D eigenvalue weighted by Gasteiger charge is 2.22. The summed E-state index contributed by atoms with van der Waals surface area (Å²) in [5, 5.41) is 39.1. The Labute approximate surface area is 114 Å². The van der Waals surface area contributed by atoms with Gasteiger partial charge in [0.1, 0.15) is 11.5 Å². The lowest BCUT2D eigenvalue weighted by Crippen LogP contribution is -2.26. The van der Waals surface area contributed by atoms with E-state index in [9.17, 15) is 15.3 Å². The third-order valence-corrected chi connectivity index (χ3v) is 3.93. The summed E-state index contributed by atoms with van der Waals surface area (Å²) in [4.78, 5) is 0. The topological polar surface area (TPSA) is 80.9 Å². The van der Waals surface area contributed by atoms with Gasteiger partial charge in [0.05, 0.1) is 5.60 Å². The van der Waals surface area contributed by atoms with Gasteiger partial charge in [-0.2, -0.15) is 0 Å². The minimum Gasteiger partial charge on any atom is -0.507 e. The Hall–Kier alpha value is -1.26. The van der Waals surface area contributed by atoms with Gasteiger partial charge in [-0.15, -0.1) is 0 Å². The highest BCUT2D eigenvalue weighted by Crippen LogP contribution is 2.37. The SMILES string of the molecule is Cc1c(C)c(O)c(CC[C@](C)(O)CCO)c(C)c1O. The Kier molecular flexibility index (Phi) is 4.82. The Morgan fingerprint density at radius 1 is 0.895 bits per heavy atom. The molecule has 0 aromatic heterocycles. The minimum absolute atomic E-state index is 0.0733. The molecule has 1 rings (SSSR count). The van der Waals surface area contributed by atoms with E-state index in [1.807, 2.05) is 0 Å². The van der Waals surface area contributed by atoms with Crippen molar-refractivity contribution in [3.63, 3.8) is 0 Å². The number of phenolic OH excluding ortho intramolecular Hbond substituents is 2. The molecule has 0 amide bonds. The standard InChI is InChI=1S/C15H24O4/c1-9-10(2)14(18)12(11(3)13(9)17)5-6-15(4,19)7-8-16/h16-19H,5-8H2,1-4H3/t15-/m0/s1.